The molecule has 0 heterocycles. The molecule has 0 aromatic carbocycles. The van der Waals surface area contributed by atoms with Gasteiger partial charge in [-0.2, -0.15) is 10.5 Å². The Bertz CT molecular complexity index is 377. The Kier molecular flexibility index (Phi) is 4.79. The quantitative estimate of drug-likeness (QED) is 0.757. The molecular weight excluding hydrogens is 222 g/mol. The molecule has 0 spiro atoms. The second-order valence-electron chi connectivity index (χ2n) is 6.28. The predicted molar refractivity (Wildman–Crippen MR) is 72.3 cm³/mol. The zero-order chi connectivity index (χ0) is 13.8. The number of allylic oxidation sites excluding steroid dienone is 2. The summed E-state index contributed by atoms with van der Waals surface area (Å²) in [7, 11) is 0. The SMILES string of the molecule is CC(NC1CCC(C(C)(C)C)CC1)=C(C#N)C#N. The van der Waals surface area contributed by atoms with Crippen molar-refractivity contribution < 1.29 is 0 Å². The summed E-state index contributed by atoms with van der Waals surface area (Å²) in [5.41, 5.74) is 1.31. The summed E-state index contributed by atoms with van der Waals surface area (Å²) in [5, 5.41) is 20.9. The molecule has 3 nitrogen and oxygen atoms in total. The average Bonchev–Trinajstić information content (AvgIpc) is 2.30. The van der Waals surface area contributed by atoms with E-state index >= 15 is 0 Å². The molecule has 1 rings (SSSR count). The van der Waals surface area contributed by atoms with E-state index in [4.69, 9.17) is 10.5 Å². The van der Waals surface area contributed by atoms with Gasteiger partial charge in [0.25, 0.3) is 0 Å². The van der Waals surface area contributed by atoms with Gasteiger partial charge in [0.15, 0.2) is 0 Å². The fraction of sp³-hybridized carbons (Fsp3) is 0.733. The maximum absolute atomic E-state index is 8.80. The minimum atomic E-state index is 0.202. The van der Waals surface area contributed by atoms with Crippen LogP contribution < -0.4 is 5.32 Å². The van der Waals surface area contributed by atoms with Gasteiger partial charge in [-0.25, -0.2) is 0 Å². The molecule has 0 saturated heterocycles. The molecule has 0 unspecified atom stereocenters. The van der Waals surface area contributed by atoms with Gasteiger partial charge in [-0.05, 0) is 43.9 Å². The lowest BCUT2D eigenvalue weighted by Gasteiger charge is -2.37. The highest BCUT2D eigenvalue weighted by Crippen LogP contribution is 2.37. The molecule has 18 heavy (non-hydrogen) atoms. The van der Waals surface area contributed by atoms with Gasteiger partial charge in [-0.3, -0.25) is 0 Å². The van der Waals surface area contributed by atoms with Crippen molar-refractivity contribution in [3.05, 3.63) is 11.3 Å². The van der Waals surface area contributed by atoms with Crippen molar-refractivity contribution in [1.29, 1.82) is 10.5 Å². The predicted octanol–water partition coefficient (Wildman–Crippen LogP) is 3.50. The second kappa shape index (κ2) is 5.91. The Balaban J connectivity index is 2.54. The third-order valence-corrected chi connectivity index (χ3v) is 3.97. The van der Waals surface area contributed by atoms with Crippen LogP contribution in [0.2, 0.25) is 0 Å². The minimum absolute atomic E-state index is 0.202. The summed E-state index contributed by atoms with van der Waals surface area (Å²) in [6, 6.07) is 4.28. The Hall–Kier alpha value is -1.48. The zero-order valence-corrected chi connectivity index (χ0v) is 11.9. The Morgan fingerprint density at radius 3 is 1.94 bits per heavy atom. The van der Waals surface area contributed by atoms with Gasteiger partial charge in [0.05, 0.1) is 0 Å². The van der Waals surface area contributed by atoms with Crippen molar-refractivity contribution in [2.45, 2.75) is 59.4 Å². The highest BCUT2D eigenvalue weighted by molar-refractivity contribution is 5.38. The van der Waals surface area contributed by atoms with E-state index < -0.39 is 0 Å². The first kappa shape index (κ1) is 14.6. The molecule has 0 radical (unpaired) electrons. The average molecular weight is 245 g/mol. The molecule has 0 aromatic heterocycles. The molecule has 0 bridgehead atoms. The van der Waals surface area contributed by atoms with E-state index in [1.807, 2.05) is 19.1 Å². The van der Waals surface area contributed by atoms with E-state index in [-0.39, 0.29) is 5.57 Å². The third kappa shape index (κ3) is 3.77. The number of nitriles is 2. The van der Waals surface area contributed by atoms with Crippen LogP contribution in [0.15, 0.2) is 11.3 Å². The number of rotatable bonds is 2. The third-order valence-electron chi connectivity index (χ3n) is 3.97. The molecule has 3 heteroatoms. The molecule has 1 aliphatic rings. The topological polar surface area (TPSA) is 59.6 Å². The molecule has 1 saturated carbocycles. The summed E-state index contributed by atoms with van der Waals surface area (Å²) >= 11 is 0. The molecule has 0 aliphatic heterocycles. The first-order valence-corrected chi connectivity index (χ1v) is 6.66. The van der Waals surface area contributed by atoms with E-state index in [1.165, 1.54) is 12.8 Å². The minimum Gasteiger partial charge on any atom is -0.384 e. The van der Waals surface area contributed by atoms with E-state index in [1.54, 1.807) is 0 Å². The van der Waals surface area contributed by atoms with Gasteiger partial charge in [-0.1, -0.05) is 20.8 Å². The number of hydrogen-bond donors (Lipinski definition) is 1. The molecule has 1 fully saturated rings. The molecule has 1 aliphatic carbocycles. The Labute approximate surface area is 110 Å². The van der Waals surface area contributed by atoms with Crippen molar-refractivity contribution in [1.82, 2.24) is 5.32 Å². The van der Waals surface area contributed by atoms with Gasteiger partial charge >= 0.3 is 0 Å². The van der Waals surface area contributed by atoms with Crippen molar-refractivity contribution in [3.8, 4) is 12.1 Å². The van der Waals surface area contributed by atoms with E-state index in [2.05, 4.69) is 26.1 Å². The highest BCUT2D eigenvalue weighted by atomic mass is 14.9. The fourth-order valence-electron chi connectivity index (χ4n) is 2.67. The van der Waals surface area contributed by atoms with Crippen LogP contribution in [-0.2, 0) is 0 Å². The summed E-state index contributed by atoms with van der Waals surface area (Å²) in [6.45, 7) is 8.73. The van der Waals surface area contributed by atoms with Crippen LogP contribution in [0.1, 0.15) is 53.4 Å². The lowest BCUT2D eigenvalue weighted by molar-refractivity contribution is 0.163. The lowest BCUT2D eigenvalue weighted by Crippen LogP contribution is -2.35. The molecule has 98 valence electrons. The van der Waals surface area contributed by atoms with Crippen molar-refractivity contribution >= 4 is 0 Å². The zero-order valence-electron chi connectivity index (χ0n) is 11.9. The standard InChI is InChI=1S/C15H23N3/c1-11(12(9-16)10-17)18-14-7-5-13(6-8-14)15(2,3)4/h13-14,18H,5-8H2,1-4H3. The van der Waals surface area contributed by atoms with E-state index in [0.717, 1.165) is 24.5 Å². The molecule has 0 amide bonds. The van der Waals surface area contributed by atoms with Crippen LogP contribution in [0, 0.1) is 34.0 Å². The summed E-state index contributed by atoms with van der Waals surface area (Å²) in [4.78, 5) is 0. The van der Waals surface area contributed by atoms with Crippen LogP contribution in [0.25, 0.3) is 0 Å². The Morgan fingerprint density at radius 2 is 1.56 bits per heavy atom. The van der Waals surface area contributed by atoms with Gasteiger partial charge < -0.3 is 5.32 Å². The highest BCUT2D eigenvalue weighted by Gasteiger charge is 2.29. The first-order valence-electron chi connectivity index (χ1n) is 6.66. The van der Waals surface area contributed by atoms with E-state index in [9.17, 15) is 0 Å². The lowest BCUT2D eigenvalue weighted by atomic mass is 9.71. The summed E-state index contributed by atoms with van der Waals surface area (Å²) in [6.07, 6.45) is 4.71. The monoisotopic (exact) mass is 245 g/mol. The van der Waals surface area contributed by atoms with Crippen molar-refractivity contribution in [2.24, 2.45) is 11.3 Å². The second-order valence-corrected chi connectivity index (χ2v) is 6.28. The van der Waals surface area contributed by atoms with Crippen LogP contribution in [0.5, 0.6) is 0 Å². The maximum atomic E-state index is 8.80. The summed E-state index contributed by atoms with van der Waals surface area (Å²) in [5.74, 6) is 0.784. The first-order chi connectivity index (χ1) is 8.38. The normalized spacial score (nSPS) is 23.7. The summed E-state index contributed by atoms with van der Waals surface area (Å²) < 4.78 is 0. The molecule has 0 aromatic rings. The Morgan fingerprint density at radius 1 is 1.06 bits per heavy atom. The van der Waals surface area contributed by atoms with Crippen LogP contribution in [0.4, 0.5) is 0 Å². The fourth-order valence-corrected chi connectivity index (χ4v) is 2.67. The van der Waals surface area contributed by atoms with Crippen LogP contribution >= 0.6 is 0 Å². The van der Waals surface area contributed by atoms with Crippen molar-refractivity contribution in [3.63, 3.8) is 0 Å². The molecule has 1 N–H and O–H groups in total. The van der Waals surface area contributed by atoms with E-state index in [0.29, 0.717) is 11.5 Å². The molecule has 0 atom stereocenters. The van der Waals surface area contributed by atoms with Gasteiger partial charge in [0, 0.05) is 11.7 Å². The number of nitrogens with zero attached hydrogens (tertiary/aromatic N) is 2. The smallest absolute Gasteiger partial charge is 0.148 e. The van der Waals surface area contributed by atoms with Crippen LogP contribution in [0.3, 0.4) is 0 Å². The number of nitrogens with one attached hydrogen (secondary N) is 1. The largest absolute Gasteiger partial charge is 0.384 e. The van der Waals surface area contributed by atoms with Crippen molar-refractivity contribution in [2.75, 3.05) is 0 Å². The number of hydrogen-bond acceptors (Lipinski definition) is 3. The van der Waals surface area contributed by atoms with Gasteiger partial charge in [0.1, 0.15) is 17.7 Å². The van der Waals surface area contributed by atoms with Gasteiger partial charge in [0.2, 0.25) is 0 Å². The van der Waals surface area contributed by atoms with Crippen LogP contribution in [-0.4, -0.2) is 6.04 Å². The van der Waals surface area contributed by atoms with Gasteiger partial charge in [-0.15, -0.1) is 0 Å². The maximum Gasteiger partial charge on any atom is 0.148 e. The molecular formula is C15H23N3.